The lowest BCUT2D eigenvalue weighted by Crippen LogP contribution is -2.19. The number of hydrogen-bond donors (Lipinski definition) is 1. The standard InChI is InChI=1S/C20H23N5O/c1-15(2)26-18-11-9-17(10-12-18)22-19-13-21-24-20(23-19)25(3)14-16-7-5-4-6-8-16/h4-13,15H,14H2,1-3H3,(H,22,23,24). The second-order valence-electron chi connectivity index (χ2n) is 6.30. The van der Waals surface area contributed by atoms with Crippen molar-refractivity contribution in [3.05, 3.63) is 66.4 Å². The minimum atomic E-state index is 0.155. The van der Waals surface area contributed by atoms with Gasteiger partial charge in [-0.05, 0) is 43.7 Å². The summed E-state index contributed by atoms with van der Waals surface area (Å²) < 4.78 is 5.65. The molecule has 0 unspecified atom stereocenters. The number of ether oxygens (including phenoxy) is 1. The van der Waals surface area contributed by atoms with Crippen molar-refractivity contribution in [2.45, 2.75) is 26.5 Å². The number of benzene rings is 2. The Morgan fingerprint density at radius 1 is 1.04 bits per heavy atom. The van der Waals surface area contributed by atoms with Gasteiger partial charge in [0.1, 0.15) is 5.75 Å². The Labute approximate surface area is 153 Å². The summed E-state index contributed by atoms with van der Waals surface area (Å²) in [5.41, 5.74) is 2.11. The highest BCUT2D eigenvalue weighted by Gasteiger charge is 2.08. The van der Waals surface area contributed by atoms with Crippen LogP contribution in [-0.4, -0.2) is 28.3 Å². The molecule has 3 aromatic rings. The van der Waals surface area contributed by atoms with Crippen LogP contribution >= 0.6 is 0 Å². The molecule has 0 aliphatic rings. The van der Waals surface area contributed by atoms with Gasteiger partial charge in [0.15, 0.2) is 5.82 Å². The van der Waals surface area contributed by atoms with Gasteiger partial charge in [0.05, 0.1) is 12.3 Å². The molecule has 1 aromatic heterocycles. The van der Waals surface area contributed by atoms with E-state index >= 15 is 0 Å². The molecule has 0 aliphatic heterocycles. The van der Waals surface area contributed by atoms with Crippen LogP contribution in [0.15, 0.2) is 60.8 Å². The molecule has 0 saturated carbocycles. The van der Waals surface area contributed by atoms with Gasteiger partial charge in [0.2, 0.25) is 5.95 Å². The van der Waals surface area contributed by atoms with E-state index in [4.69, 9.17) is 4.74 Å². The van der Waals surface area contributed by atoms with E-state index in [0.717, 1.165) is 11.4 Å². The van der Waals surface area contributed by atoms with Crippen LogP contribution in [0.1, 0.15) is 19.4 Å². The highest BCUT2D eigenvalue weighted by molar-refractivity contribution is 5.57. The fraction of sp³-hybridized carbons (Fsp3) is 0.250. The van der Waals surface area contributed by atoms with Gasteiger partial charge in [0, 0.05) is 19.3 Å². The molecule has 6 heteroatoms. The van der Waals surface area contributed by atoms with E-state index in [2.05, 4.69) is 32.6 Å². The second-order valence-corrected chi connectivity index (χ2v) is 6.30. The molecule has 0 atom stereocenters. The van der Waals surface area contributed by atoms with Crippen LogP contribution in [0.3, 0.4) is 0 Å². The largest absolute Gasteiger partial charge is 0.491 e. The average Bonchev–Trinajstić information content (AvgIpc) is 2.64. The Kier molecular flexibility index (Phi) is 5.63. The first-order chi connectivity index (χ1) is 12.6. The predicted molar refractivity (Wildman–Crippen MR) is 104 cm³/mol. The maximum absolute atomic E-state index is 5.65. The zero-order valence-corrected chi connectivity index (χ0v) is 15.3. The first kappa shape index (κ1) is 17.7. The van der Waals surface area contributed by atoms with Gasteiger partial charge < -0.3 is 15.0 Å². The molecule has 1 N–H and O–H groups in total. The third-order valence-corrected chi connectivity index (χ3v) is 3.65. The topological polar surface area (TPSA) is 63.2 Å². The molecule has 0 aliphatic carbocycles. The number of hydrogen-bond acceptors (Lipinski definition) is 6. The summed E-state index contributed by atoms with van der Waals surface area (Å²) in [4.78, 5) is 6.51. The number of rotatable bonds is 7. The molecule has 6 nitrogen and oxygen atoms in total. The third-order valence-electron chi connectivity index (χ3n) is 3.65. The van der Waals surface area contributed by atoms with Crippen molar-refractivity contribution in [2.75, 3.05) is 17.3 Å². The van der Waals surface area contributed by atoms with Crippen LogP contribution in [-0.2, 0) is 6.54 Å². The van der Waals surface area contributed by atoms with Crippen LogP contribution in [0, 0.1) is 0 Å². The highest BCUT2D eigenvalue weighted by Crippen LogP contribution is 2.20. The van der Waals surface area contributed by atoms with Crippen molar-refractivity contribution < 1.29 is 4.74 Å². The summed E-state index contributed by atoms with van der Waals surface area (Å²) in [5.74, 6) is 2.06. The van der Waals surface area contributed by atoms with Crippen LogP contribution < -0.4 is 15.0 Å². The van der Waals surface area contributed by atoms with E-state index in [1.54, 1.807) is 6.20 Å². The zero-order valence-electron chi connectivity index (χ0n) is 15.3. The first-order valence-electron chi connectivity index (χ1n) is 8.58. The van der Waals surface area contributed by atoms with Crippen LogP contribution in [0.2, 0.25) is 0 Å². The van der Waals surface area contributed by atoms with Gasteiger partial charge in [-0.25, -0.2) is 0 Å². The molecule has 134 valence electrons. The van der Waals surface area contributed by atoms with Crippen LogP contribution in [0.5, 0.6) is 5.75 Å². The molecular formula is C20H23N5O. The summed E-state index contributed by atoms with van der Waals surface area (Å²) >= 11 is 0. The van der Waals surface area contributed by atoms with Gasteiger partial charge in [-0.3, -0.25) is 0 Å². The molecule has 3 rings (SSSR count). The minimum Gasteiger partial charge on any atom is -0.491 e. The molecule has 0 amide bonds. The summed E-state index contributed by atoms with van der Waals surface area (Å²) in [6.45, 7) is 4.73. The van der Waals surface area contributed by atoms with E-state index < -0.39 is 0 Å². The van der Waals surface area contributed by atoms with E-state index in [0.29, 0.717) is 18.3 Å². The van der Waals surface area contributed by atoms with Crippen molar-refractivity contribution in [2.24, 2.45) is 0 Å². The number of aromatic nitrogens is 3. The highest BCUT2D eigenvalue weighted by atomic mass is 16.5. The van der Waals surface area contributed by atoms with Gasteiger partial charge in [-0.2, -0.15) is 10.1 Å². The molecular weight excluding hydrogens is 326 g/mol. The second kappa shape index (κ2) is 8.29. The van der Waals surface area contributed by atoms with E-state index in [1.807, 2.05) is 68.3 Å². The van der Waals surface area contributed by atoms with Crippen molar-refractivity contribution >= 4 is 17.5 Å². The van der Waals surface area contributed by atoms with Crippen molar-refractivity contribution in [3.8, 4) is 5.75 Å². The molecule has 0 bridgehead atoms. The maximum Gasteiger partial charge on any atom is 0.247 e. The third kappa shape index (κ3) is 4.92. The molecule has 26 heavy (non-hydrogen) atoms. The molecule has 0 saturated heterocycles. The normalized spacial score (nSPS) is 10.6. The lowest BCUT2D eigenvalue weighted by atomic mass is 10.2. The predicted octanol–water partition coefficient (Wildman–Crippen LogP) is 4.04. The monoisotopic (exact) mass is 349 g/mol. The van der Waals surface area contributed by atoms with Crippen LogP contribution in [0.4, 0.5) is 17.5 Å². The summed E-state index contributed by atoms with van der Waals surface area (Å²) in [6.07, 6.45) is 1.76. The average molecular weight is 349 g/mol. The molecule has 1 heterocycles. The van der Waals surface area contributed by atoms with Gasteiger partial charge in [-0.1, -0.05) is 30.3 Å². The van der Waals surface area contributed by atoms with E-state index in [-0.39, 0.29) is 6.10 Å². The van der Waals surface area contributed by atoms with E-state index in [9.17, 15) is 0 Å². The molecule has 0 radical (unpaired) electrons. The van der Waals surface area contributed by atoms with E-state index in [1.165, 1.54) is 5.56 Å². The van der Waals surface area contributed by atoms with Crippen LogP contribution in [0.25, 0.3) is 0 Å². The first-order valence-corrected chi connectivity index (χ1v) is 8.58. The maximum atomic E-state index is 5.65. The Bertz CT molecular complexity index is 821. The summed E-state index contributed by atoms with van der Waals surface area (Å²) in [5, 5.41) is 11.4. The smallest absolute Gasteiger partial charge is 0.247 e. The quantitative estimate of drug-likeness (QED) is 0.694. The van der Waals surface area contributed by atoms with Gasteiger partial charge in [-0.15, -0.1) is 5.10 Å². The molecule has 0 fully saturated rings. The SMILES string of the molecule is CC(C)Oc1ccc(Nc2cnnc(N(C)Cc3ccccc3)n2)cc1. The van der Waals surface area contributed by atoms with Crippen molar-refractivity contribution in [3.63, 3.8) is 0 Å². The molecule has 2 aromatic carbocycles. The Morgan fingerprint density at radius 3 is 2.46 bits per heavy atom. The summed E-state index contributed by atoms with van der Waals surface area (Å²) in [7, 11) is 1.95. The Balaban J connectivity index is 1.67. The zero-order chi connectivity index (χ0) is 18.4. The number of anilines is 3. The van der Waals surface area contributed by atoms with Gasteiger partial charge >= 0.3 is 0 Å². The fourth-order valence-electron chi connectivity index (χ4n) is 2.48. The number of nitrogens with one attached hydrogen (secondary N) is 1. The lowest BCUT2D eigenvalue weighted by Gasteiger charge is -2.17. The number of nitrogens with zero attached hydrogens (tertiary/aromatic N) is 4. The molecule has 0 spiro atoms. The lowest BCUT2D eigenvalue weighted by molar-refractivity contribution is 0.242. The Morgan fingerprint density at radius 2 is 1.77 bits per heavy atom. The van der Waals surface area contributed by atoms with Crippen molar-refractivity contribution in [1.29, 1.82) is 0 Å². The van der Waals surface area contributed by atoms with Gasteiger partial charge in [0.25, 0.3) is 0 Å². The summed E-state index contributed by atoms with van der Waals surface area (Å²) in [6, 6.07) is 18.0. The van der Waals surface area contributed by atoms with Crippen molar-refractivity contribution in [1.82, 2.24) is 15.2 Å². The fourth-order valence-corrected chi connectivity index (χ4v) is 2.48. The minimum absolute atomic E-state index is 0.155. The Hall–Kier alpha value is -3.15.